The molecule has 3 aromatic rings. The van der Waals surface area contributed by atoms with Gasteiger partial charge >= 0.3 is 0 Å². The zero-order valence-corrected chi connectivity index (χ0v) is 14.0. The molecule has 6 heteroatoms. The van der Waals surface area contributed by atoms with Gasteiger partial charge in [-0.1, -0.05) is 0 Å². The Morgan fingerprint density at radius 3 is 3.08 bits per heavy atom. The summed E-state index contributed by atoms with van der Waals surface area (Å²) in [6, 6.07) is 6.29. The van der Waals surface area contributed by atoms with Crippen molar-refractivity contribution in [3.05, 3.63) is 54.4 Å². The molecule has 1 fully saturated rings. The van der Waals surface area contributed by atoms with E-state index in [2.05, 4.69) is 43.8 Å². The highest BCUT2D eigenvalue weighted by Gasteiger charge is 2.21. The van der Waals surface area contributed by atoms with E-state index in [0.717, 1.165) is 45.0 Å². The third-order valence-corrected chi connectivity index (χ3v) is 4.74. The summed E-state index contributed by atoms with van der Waals surface area (Å²) >= 11 is 0. The molecular weight excluding hydrogens is 302 g/mol. The molecule has 0 aliphatic carbocycles. The molecule has 0 aromatic carbocycles. The molecule has 1 aliphatic heterocycles. The molecule has 6 nitrogen and oxygen atoms in total. The number of aromatic nitrogens is 4. The molecule has 0 bridgehead atoms. The molecule has 3 aromatic heterocycles. The topological polar surface area (TPSA) is 47.6 Å². The van der Waals surface area contributed by atoms with Gasteiger partial charge in [0.25, 0.3) is 0 Å². The number of hydrogen-bond donors (Lipinski definition) is 0. The van der Waals surface area contributed by atoms with Crippen LogP contribution >= 0.6 is 0 Å². The van der Waals surface area contributed by atoms with Gasteiger partial charge in [0, 0.05) is 57.4 Å². The quantitative estimate of drug-likeness (QED) is 0.733. The van der Waals surface area contributed by atoms with Gasteiger partial charge in [-0.05, 0) is 24.6 Å². The van der Waals surface area contributed by atoms with Gasteiger partial charge in [0.2, 0.25) is 0 Å². The highest BCUT2D eigenvalue weighted by Crippen LogP contribution is 2.18. The average Bonchev–Trinajstić information content (AvgIpc) is 3.15. The van der Waals surface area contributed by atoms with Crippen LogP contribution in [0.25, 0.3) is 5.52 Å². The number of hydrogen-bond acceptors (Lipinski definition) is 4. The van der Waals surface area contributed by atoms with Crippen molar-refractivity contribution in [2.24, 2.45) is 13.0 Å². The van der Waals surface area contributed by atoms with Crippen LogP contribution in [0.1, 0.15) is 11.4 Å². The minimum absolute atomic E-state index is 0.453. The van der Waals surface area contributed by atoms with E-state index in [-0.39, 0.29) is 0 Å². The van der Waals surface area contributed by atoms with Gasteiger partial charge in [-0.2, -0.15) is 5.10 Å². The van der Waals surface area contributed by atoms with E-state index < -0.39 is 0 Å². The predicted octanol–water partition coefficient (Wildman–Crippen LogP) is 1.76. The summed E-state index contributed by atoms with van der Waals surface area (Å²) in [6.07, 6.45) is 8.75. The van der Waals surface area contributed by atoms with E-state index >= 15 is 0 Å². The zero-order valence-electron chi connectivity index (χ0n) is 14.0. The fourth-order valence-corrected chi connectivity index (χ4v) is 3.47. The van der Waals surface area contributed by atoms with E-state index in [0.29, 0.717) is 5.92 Å². The number of rotatable bonds is 4. The monoisotopic (exact) mass is 325 g/mol. The molecule has 4 rings (SSSR count). The van der Waals surface area contributed by atoms with E-state index in [4.69, 9.17) is 4.74 Å². The van der Waals surface area contributed by atoms with Crippen molar-refractivity contribution in [3.8, 4) is 0 Å². The summed E-state index contributed by atoms with van der Waals surface area (Å²) in [6.45, 7) is 4.49. The molecule has 1 atom stereocenters. The second-order valence-electron chi connectivity index (χ2n) is 6.50. The van der Waals surface area contributed by atoms with Crippen LogP contribution in [0.2, 0.25) is 0 Å². The van der Waals surface area contributed by atoms with Crippen LogP contribution in [0.4, 0.5) is 0 Å². The third kappa shape index (κ3) is 3.20. The largest absolute Gasteiger partial charge is 0.380 e. The van der Waals surface area contributed by atoms with Crippen molar-refractivity contribution >= 4 is 5.52 Å². The summed E-state index contributed by atoms with van der Waals surface area (Å²) < 4.78 is 9.93. The van der Waals surface area contributed by atoms with E-state index in [9.17, 15) is 0 Å². The minimum atomic E-state index is 0.453. The SMILES string of the molecule is Cn1nccc1CN1CCOCC(Cc2nccn3cccc23)C1. The van der Waals surface area contributed by atoms with Crippen LogP contribution in [0, 0.1) is 5.92 Å². The van der Waals surface area contributed by atoms with Crippen molar-refractivity contribution in [3.63, 3.8) is 0 Å². The van der Waals surface area contributed by atoms with Crippen LogP contribution < -0.4 is 0 Å². The van der Waals surface area contributed by atoms with Gasteiger partial charge in [-0.25, -0.2) is 0 Å². The van der Waals surface area contributed by atoms with Crippen molar-refractivity contribution in [2.45, 2.75) is 13.0 Å². The Labute approximate surface area is 141 Å². The average molecular weight is 325 g/mol. The maximum Gasteiger partial charge on any atom is 0.0666 e. The predicted molar refractivity (Wildman–Crippen MR) is 91.7 cm³/mol. The second kappa shape index (κ2) is 6.75. The maximum atomic E-state index is 5.85. The van der Waals surface area contributed by atoms with Gasteiger partial charge in [0.05, 0.1) is 30.1 Å². The molecule has 1 saturated heterocycles. The Kier molecular flexibility index (Phi) is 4.32. The van der Waals surface area contributed by atoms with Crippen LogP contribution in [0.15, 0.2) is 43.0 Å². The van der Waals surface area contributed by atoms with E-state index in [1.807, 2.05) is 30.3 Å². The van der Waals surface area contributed by atoms with Crippen LogP contribution in [-0.2, 0) is 24.8 Å². The van der Waals surface area contributed by atoms with Crippen LogP contribution in [0.5, 0.6) is 0 Å². The van der Waals surface area contributed by atoms with Crippen molar-refractivity contribution in [1.29, 1.82) is 0 Å². The first-order chi connectivity index (χ1) is 11.8. The number of aryl methyl sites for hydroxylation is 1. The Morgan fingerprint density at radius 2 is 2.21 bits per heavy atom. The lowest BCUT2D eigenvalue weighted by Crippen LogP contribution is -2.31. The molecule has 0 spiro atoms. The molecule has 0 amide bonds. The first-order valence-corrected chi connectivity index (χ1v) is 8.47. The smallest absolute Gasteiger partial charge is 0.0666 e. The second-order valence-corrected chi connectivity index (χ2v) is 6.50. The van der Waals surface area contributed by atoms with E-state index in [1.54, 1.807) is 0 Å². The number of nitrogens with zero attached hydrogens (tertiary/aromatic N) is 5. The van der Waals surface area contributed by atoms with Crippen LogP contribution in [0.3, 0.4) is 0 Å². The Morgan fingerprint density at radius 1 is 1.25 bits per heavy atom. The van der Waals surface area contributed by atoms with Gasteiger partial charge in [0.1, 0.15) is 0 Å². The summed E-state index contributed by atoms with van der Waals surface area (Å²) in [5.41, 5.74) is 3.58. The first kappa shape index (κ1) is 15.4. The zero-order chi connectivity index (χ0) is 16.4. The Balaban J connectivity index is 1.48. The fraction of sp³-hybridized carbons (Fsp3) is 0.444. The lowest BCUT2D eigenvalue weighted by atomic mass is 10.0. The molecule has 1 aliphatic rings. The van der Waals surface area contributed by atoms with E-state index in [1.165, 1.54) is 11.2 Å². The Bertz CT molecular complexity index is 808. The van der Waals surface area contributed by atoms with Crippen molar-refractivity contribution < 1.29 is 4.74 Å². The molecule has 126 valence electrons. The normalized spacial score (nSPS) is 19.6. The van der Waals surface area contributed by atoms with Crippen LogP contribution in [-0.4, -0.2) is 50.4 Å². The molecular formula is C18H23N5O. The highest BCUT2D eigenvalue weighted by atomic mass is 16.5. The fourth-order valence-electron chi connectivity index (χ4n) is 3.47. The molecule has 4 heterocycles. The third-order valence-electron chi connectivity index (χ3n) is 4.74. The summed E-state index contributed by atoms with van der Waals surface area (Å²) in [5, 5.41) is 4.27. The number of ether oxygens (including phenoxy) is 1. The van der Waals surface area contributed by atoms with Gasteiger partial charge in [-0.3, -0.25) is 14.6 Å². The van der Waals surface area contributed by atoms with Gasteiger partial charge in [0.15, 0.2) is 0 Å². The standard InChI is InChI=1S/C18H23N5O/c1-21-16(4-5-20-21)13-22-9-10-24-14-15(12-22)11-17-18-3-2-7-23(18)8-6-19-17/h2-8,15H,9-14H2,1H3. The molecule has 0 N–H and O–H groups in total. The van der Waals surface area contributed by atoms with Crippen molar-refractivity contribution in [1.82, 2.24) is 24.1 Å². The first-order valence-electron chi connectivity index (χ1n) is 8.47. The minimum Gasteiger partial charge on any atom is -0.380 e. The number of fused-ring (bicyclic) bond motifs is 1. The van der Waals surface area contributed by atoms with Gasteiger partial charge in [-0.15, -0.1) is 0 Å². The Hall–Kier alpha value is -2.18. The van der Waals surface area contributed by atoms with Gasteiger partial charge < -0.3 is 9.14 Å². The maximum absolute atomic E-state index is 5.85. The summed E-state index contributed by atoms with van der Waals surface area (Å²) in [5.74, 6) is 0.453. The lowest BCUT2D eigenvalue weighted by Gasteiger charge is -2.23. The summed E-state index contributed by atoms with van der Waals surface area (Å²) in [7, 11) is 2.00. The molecule has 24 heavy (non-hydrogen) atoms. The molecule has 0 saturated carbocycles. The molecule has 0 radical (unpaired) electrons. The molecule has 1 unspecified atom stereocenters. The van der Waals surface area contributed by atoms with Crippen molar-refractivity contribution in [2.75, 3.05) is 26.3 Å². The lowest BCUT2D eigenvalue weighted by molar-refractivity contribution is 0.121. The summed E-state index contributed by atoms with van der Waals surface area (Å²) in [4.78, 5) is 7.07. The highest BCUT2D eigenvalue weighted by molar-refractivity contribution is 5.52.